The lowest BCUT2D eigenvalue weighted by Crippen LogP contribution is -2.06. The monoisotopic (exact) mass is 241 g/mol. The van der Waals surface area contributed by atoms with Crippen LogP contribution in [0.3, 0.4) is 0 Å². The number of rotatable bonds is 2. The Labute approximate surface area is 96.0 Å². The maximum absolute atomic E-state index is 12.8. The molecule has 0 bridgehead atoms. The van der Waals surface area contributed by atoms with E-state index in [9.17, 15) is 13.2 Å². The number of benzene rings is 1. The summed E-state index contributed by atoms with van der Waals surface area (Å²) in [6.07, 6.45) is -3.05. The average molecular weight is 241 g/mol. The van der Waals surface area contributed by atoms with Gasteiger partial charge in [0.05, 0.1) is 12.2 Å². The van der Waals surface area contributed by atoms with Gasteiger partial charge in [-0.25, -0.2) is 4.98 Å². The molecule has 1 aromatic carbocycles. The van der Waals surface area contributed by atoms with E-state index in [1.807, 2.05) is 0 Å². The summed E-state index contributed by atoms with van der Waals surface area (Å²) in [6.45, 7) is 2.12. The summed E-state index contributed by atoms with van der Waals surface area (Å²) in [4.78, 5) is 3.93. The van der Waals surface area contributed by atoms with E-state index in [-0.39, 0.29) is 11.3 Å². The molecule has 0 aliphatic heterocycles. The number of hydrogen-bond donors (Lipinski definition) is 0. The molecule has 0 radical (unpaired) electrons. The minimum absolute atomic E-state index is 0.110. The van der Waals surface area contributed by atoms with E-state index in [0.29, 0.717) is 12.0 Å². The van der Waals surface area contributed by atoms with Crippen LogP contribution in [0.4, 0.5) is 13.2 Å². The largest absolute Gasteiger partial charge is 0.478 e. The van der Waals surface area contributed by atoms with Gasteiger partial charge in [0.1, 0.15) is 0 Å². The molecule has 0 unspecified atom stereocenters. The first kappa shape index (κ1) is 11.7. The lowest BCUT2D eigenvalue weighted by Gasteiger charge is -2.12. The number of nitrogens with zero attached hydrogens (tertiary/aromatic N) is 1. The van der Waals surface area contributed by atoms with E-state index in [1.54, 1.807) is 13.0 Å². The number of fused-ring (bicyclic) bond motifs is 1. The van der Waals surface area contributed by atoms with Crippen LogP contribution in [0.1, 0.15) is 12.5 Å². The van der Waals surface area contributed by atoms with Crippen molar-refractivity contribution in [3.05, 3.63) is 36.0 Å². The summed E-state index contributed by atoms with van der Waals surface area (Å²) in [5.41, 5.74) is -0.668. The number of pyridine rings is 1. The third kappa shape index (κ3) is 2.18. The van der Waals surface area contributed by atoms with Crippen LogP contribution in [0.2, 0.25) is 0 Å². The van der Waals surface area contributed by atoms with Gasteiger partial charge in [-0.1, -0.05) is 6.07 Å². The van der Waals surface area contributed by atoms with Gasteiger partial charge < -0.3 is 4.74 Å². The Balaban J connectivity index is 2.70. The summed E-state index contributed by atoms with van der Waals surface area (Å²) in [6, 6.07) is 5.33. The molecule has 2 rings (SSSR count). The molecular formula is C12H10F3NO. The normalized spacial score (nSPS) is 11.8. The van der Waals surface area contributed by atoms with Gasteiger partial charge in [-0.15, -0.1) is 0 Å². The molecule has 90 valence electrons. The fourth-order valence-electron chi connectivity index (χ4n) is 1.68. The van der Waals surface area contributed by atoms with Crippen LogP contribution in [0.5, 0.6) is 5.88 Å². The molecule has 0 amide bonds. The van der Waals surface area contributed by atoms with E-state index >= 15 is 0 Å². The second-order valence-corrected chi connectivity index (χ2v) is 3.45. The van der Waals surface area contributed by atoms with Gasteiger partial charge >= 0.3 is 6.18 Å². The van der Waals surface area contributed by atoms with E-state index in [1.165, 1.54) is 18.3 Å². The third-order valence-corrected chi connectivity index (χ3v) is 2.36. The van der Waals surface area contributed by atoms with Gasteiger partial charge in [-0.2, -0.15) is 13.2 Å². The molecule has 0 saturated carbocycles. The molecule has 1 aromatic heterocycles. The van der Waals surface area contributed by atoms with Crippen LogP contribution in [-0.2, 0) is 6.18 Å². The Morgan fingerprint density at radius 2 is 1.94 bits per heavy atom. The number of alkyl halides is 3. The van der Waals surface area contributed by atoms with Crippen LogP contribution < -0.4 is 4.74 Å². The highest BCUT2D eigenvalue weighted by Gasteiger charge is 2.32. The van der Waals surface area contributed by atoms with Crippen molar-refractivity contribution in [1.82, 2.24) is 4.98 Å². The third-order valence-electron chi connectivity index (χ3n) is 2.36. The summed E-state index contributed by atoms with van der Waals surface area (Å²) in [5, 5.41) is 0.489. The van der Waals surface area contributed by atoms with E-state index in [0.717, 1.165) is 6.07 Å². The zero-order valence-electron chi connectivity index (χ0n) is 9.08. The summed E-state index contributed by atoms with van der Waals surface area (Å²) in [5.74, 6) is 0.232. The van der Waals surface area contributed by atoms with Gasteiger partial charge in [0.25, 0.3) is 0 Å². The highest BCUT2D eigenvalue weighted by Crippen LogP contribution is 2.36. The van der Waals surface area contributed by atoms with Gasteiger partial charge in [-0.05, 0) is 25.1 Å². The van der Waals surface area contributed by atoms with E-state index < -0.39 is 11.7 Å². The van der Waals surface area contributed by atoms with Crippen LogP contribution >= 0.6 is 0 Å². The number of ether oxygens (including phenoxy) is 1. The molecular weight excluding hydrogens is 231 g/mol. The van der Waals surface area contributed by atoms with Gasteiger partial charge in [0.15, 0.2) is 0 Å². The van der Waals surface area contributed by atoms with Gasteiger partial charge in [0, 0.05) is 17.0 Å². The molecule has 0 saturated heterocycles. The predicted octanol–water partition coefficient (Wildman–Crippen LogP) is 3.65. The smallest absolute Gasteiger partial charge is 0.417 e. The average Bonchev–Trinajstić information content (AvgIpc) is 2.28. The first-order valence-corrected chi connectivity index (χ1v) is 5.11. The maximum Gasteiger partial charge on any atom is 0.417 e. The Morgan fingerprint density at radius 1 is 1.18 bits per heavy atom. The van der Waals surface area contributed by atoms with E-state index in [4.69, 9.17) is 4.74 Å². The molecule has 2 nitrogen and oxygen atoms in total. The van der Waals surface area contributed by atoms with Crippen molar-refractivity contribution in [3.63, 3.8) is 0 Å². The second kappa shape index (κ2) is 4.24. The first-order valence-electron chi connectivity index (χ1n) is 5.11. The fraction of sp³-hybridized carbons (Fsp3) is 0.250. The molecule has 0 aliphatic carbocycles. The molecule has 0 spiro atoms. The molecule has 0 N–H and O–H groups in total. The van der Waals surface area contributed by atoms with Gasteiger partial charge in [0.2, 0.25) is 5.88 Å². The molecule has 1 heterocycles. The van der Waals surface area contributed by atoms with Crippen LogP contribution in [0.25, 0.3) is 10.8 Å². The SMILES string of the molecule is CCOc1nccc2c(C(F)(F)F)cccc12. The molecule has 0 atom stereocenters. The molecule has 17 heavy (non-hydrogen) atoms. The minimum Gasteiger partial charge on any atom is -0.478 e. The van der Waals surface area contributed by atoms with Gasteiger partial charge in [-0.3, -0.25) is 0 Å². The van der Waals surface area contributed by atoms with Crippen LogP contribution in [0.15, 0.2) is 30.5 Å². The molecule has 0 aliphatic rings. The topological polar surface area (TPSA) is 22.1 Å². The van der Waals surface area contributed by atoms with Crippen molar-refractivity contribution < 1.29 is 17.9 Å². The Bertz CT molecular complexity index is 537. The van der Waals surface area contributed by atoms with Crippen molar-refractivity contribution in [2.24, 2.45) is 0 Å². The number of halogens is 3. The lowest BCUT2D eigenvalue weighted by molar-refractivity contribution is -0.136. The Kier molecular flexibility index (Phi) is 2.92. The van der Waals surface area contributed by atoms with Crippen molar-refractivity contribution in [2.75, 3.05) is 6.61 Å². The van der Waals surface area contributed by atoms with Crippen molar-refractivity contribution >= 4 is 10.8 Å². The standard InChI is InChI=1S/C12H10F3NO/c1-2-17-11-9-4-3-5-10(12(13,14)15)8(9)6-7-16-11/h3-7H,2H2,1H3. The van der Waals surface area contributed by atoms with Crippen LogP contribution in [0, 0.1) is 0 Å². The first-order chi connectivity index (χ1) is 8.04. The van der Waals surface area contributed by atoms with Crippen LogP contribution in [-0.4, -0.2) is 11.6 Å². The minimum atomic E-state index is -4.37. The lowest BCUT2D eigenvalue weighted by atomic mass is 10.1. The summed E-state index contributed by atoms with van der Waals surface area (Å²) >= 11 is 0. The fourth-order valence-corrected chi connectivity index (χ4v) is 1.68. The van der Waals surface area contributed by atoms with Crippen molar-refractivity contribution in [2.45, 2.75) is 13.1 Å². The maximum atomic E-state index is 12.8. The zero-order valence-corrected chi connectivity index (χ0v) is 9.08. The van der Waals surface area contributed by atoms with E-state index in [2.05, 4.69) is 4.98 Å². The highest BCUT2D eigenvalue weighted by molar-refractivity contribution is 5.89. The van der Waals surface area contributed by atoms with Crippen molar-refractivity contribution in [3.8, 4) is 5.88 Å². The predicted molar refractivity (Wildman–Crippen MR) is 57.9 cm³/mol. The Morgan fingerprint density at radius 3 is 2.59 bits per heavy atom. The number of aromatic nitrogens is 1. The quantitative estimate of drug-likeness (QED) is 0.800. The Hall–Kier alpha value is -1.78. The van der Waals surface area contributed by atoms with Crippen molar-refractivity contribution in [1.29, 1.82) is 0 Å². The zero-order chi connectivity index (χ0) is 12.5. The summed E-state index contributed by atoms with van der Waals surface area (Å²) < 4.78 is 43.5. The molecule has 2 aromatic rings. The summed E-state index contributed by atoms with van der Waals surface area (Å²) in [7, 11) is 0. The molecule has 0 fully saturated rings. The molecule has 5 heteroatoms. The highest BCUT2D eigenvalue weighted by atomic mass is 19.4. The second-order valence-electron chi connectivity index (χ2n) is 3.45. The number of hydrogen-bond acceptors (Lipinski definition) is 2.